The van der Waals surface area contributed by atoms with Crippen LogP contribution < -0.4 is 0 Å². The fourth-order valence-corrected chi connectivity index (χ4v) is 2.82. The van der Waals surface area contributed by atoms with Crippen LogP contribution in [0, 0.1) is 20.8 Å². The third-order valence-corrected chi connectivity index (χ3v) is 3.98. The summed E-state index contributed by atoms with van der Waals surface area (Å²) in [5.74, 6) is 0. The Morgan fingerprint density at radius 2 is 2.10 bits per heavy atom. The molecule has 2 aromatic rings. The number of aromatic nitrogens is 2. The van der Waals surface area contributed by atoms with Crippen molar-refractivity contribution in [1.29, 1.82) is 0 Å². The largest absolute Gasteiger partial charge is 0.390 e. The predicted molar refractivity (Wildman–Crippen MR) is 83.9 cm³/mol. The molecular formula is C16H18ClN3O. The minimum atomic E-state index is 0.00887. The molecule has 0 unspecified atom stereocenters. The fraction of sp³-hybridized carbons (Fsp3) is 0.375. The zero-order valence-electron chi connectivity index (χ0n) is 12.4. The first-order chi connectivity index (χ1) is 10.0. The van der Waals surface area contributed by atoms with Gasteiger partial charge in [0, 0.05) is 22.7 Å². The molecule has 0 fully saturated rings. The zero-order valence-corrected chi connectivity index (χ0v) is 13.2. The Kier molecular flexibility index (Phi) is 3.72. The minimum absolute atomic E-state index is 0.00887. The highest BCUT2D eigenvalue weighted by atomic mass is 35.5. The maximum Gasteiger partial charge on any atom is 0.152 e. The van der Waals surface area contributed by atoms with Crippen LogP contribution in [-0.2, 0) is 11.4 Å². The second-order valence-electron chi connectivity index (χ2n) is 5.56. The second-order valence-corrected chi connectivity index (χ2v) is 5.97. The molecule has 1 aliphatic rings. The summed E-state index contributed by atoms with van der Waals surface area (Å²) >= 11 is 6.26. The Bertz CT molecular complexity index is 706. The molecule has 0 spiro atoms. The van der Waals surface area contributed by atoms with E-state index >= 15 is 0 Å². The molecule has 110 valence electrons. The lowest BCUT2D eigenvalue weighted by Gasteiger charge is -2.10. The molecule has 0 radical (unpaired) electrons. The standard InChI is InChI=1S/C16H18ClN3O/c1-10-4-5-15(17)14(6-10)16-8-13(21-19-16)9-20-12(3)7-11(2)18-20/h4-7,13H,8-9H2,1-3H3/t13-/m1/s1. The SMILES string of the molecule is Cc1ccc(Cl)c(C2=NO[C@@H](Cn3nc(C)cc3C)C2)c1. The average Bonchev–Trinajstić information content (AvgIpc) is 3.00. The maximum atomic E-state index is 6.26. The van der Waals surface area contributed by atoms with E-state index in [1.807, 2.05) is 37.6 Å². The van der Waals surface area contributed by atoms with Gasteiger partial charge < -0.3 is 4.84 Å². The van der Waals surface area contributed by atoms with Crippen LogP contribution in [0.1, 0.15) is 28.9 Å². The van der Waals surface area contributed by atoms with Gasteiger partial charge in [0.2, 0.25) is 0 Å². The van der Waals surface area contributed by atoms with Gasteiger partial charge in [-0.2, -0.15) is 5.10 Å². The average molecular weight is 304 g/mol. The van der Waals surface area contributed by atoms with Crippen LogP contribution >= 0.6 is 11.6 Å². The molecule has 0 aliphatic carbocycles. The maximum absolute atomic E-state index is 6.26. The smallest absolute Gasteiger partial charge is 0.152 e. The van der Waals surface area contributed by atoms with E-state index in [9.17, 15) is 0 Å². The van der Waals surface area contributed by atoms with E-state index in [0.29, 0.717) is 6.54 Å². The van der Waals surface area contributed by atoms with Gasteiger partial charge >= 0.3 is 0 Å². The minimum Gasteiger partial charge on any atom is -0.390 e. The second kappa shape index (κ2) is 5.53. The number of hydrogen-bond donors (Lipinski definition) is 0. The molecular weight excluding hydrogens is 286 g/mol. The number of halogens is 1. The lowest BCUT2D eigenvalue weighted by atomic mass is 10.0. The zero-order chi connectivity index (χ0) is 15.0. The van der Waals surface area contributed by atoms with Gasteiger partial charge in [0.05, 0.1) is 18.0 Å². The first-order valence-corrected chi connectivity index (χ1v) is 7.41. The van der Waals surface area contributed by atoms with Gasteiger partial charge in [-0.3, -0.25) is 4.68 Å². The van der Waals surface area contributed by atoms with Crippen LogP contribution in [0.25, 0.3) is 0 Å². The number of hydrogen-bond acceptors (Lipinski definition) is 3. The van der Waals surface area contributed by atoms with Crippen molar-refractivity contribution in [2.75, 3.05) is 0 Å². The monoisotopic (exact) mass is 303 g/mol. The number of aryl methyl sites for hydroxylation is 3. The Morgan fingerprint density at radius 1 is 1.29 bits per heavy atom. The highest BCUT2D eigenvalue weighted by Gasteiger charge is 2.24. The molecule has 0 saturated carbocycles. The summed E-state index contributed by atoms with van der Waals surface area (Å²) < 4.78 is 1.97. The molecule has 2 heterocycles. The van der Waals surface area contributed by atoms with E-state index in [4.69, 9.17) is 16.4 Å². The van der Waals surface area contributed by atoms with E-state index < -0.39 is 0 Å². The van der Waals surface area contributed by atoms with Crippen LogP contribution in [0.5, 0.6) is 0 Å². The summed E-state index contributed by atoms with van der Waals surface area (Å²) in [6.07, 6.45) is 0.760. The van der Waals surface area contributed by atoms with Gasteiger partial charge in [0.15, 0.2) is 6.10 Å². The van der Waals surface area contributed by atoms with E-state index in [1.54, 1.807) is 0 Å². The molecule has 21 heavy (non-hydrogen) atoms. The third kappa shape index (κ3) is 2.95. The summed E-state index contributed by atoms with van der Waals surface area (Å²) in [5, 5.41) is 9.39. The van der Waals surface area contributed by atoms with Crippen LogP contribution in [-0.4, -0.2) is 21.6 Å². The summed E-state index contributed by atoms with van der Waals surface area (Å²) in [7, 11) is 0. The molecule has 1 atom stereocenters. The third-order valence-electron chi connectivity index (χ3n) is 3.65. The van der Waals surface area contributed by atoms with Crippen molar-refractivity contribution in [1.82, 2.24) is 9.78 Å². The summed E-state index contributed by atoms with van der Waals surface area (Å²) in [4.78, 5) is 5.55. The number of rotatable bonds is 3. The van der Waals surface area contributed by atoms with Crippen LogP contribution in [0.4, 0.5) is 0 Å². The predicted octanol–water partition coefficient (Wildman–Crippen LogP) is 3.65. The summed E-state index contributed by atoms with van der Waals surface area (Å²) in [5.41, 5.74) is 5.20. The molecule has 1 aromatic carbocycles. The van der Waals surface area contributed by atoms with Crippen molar-refractivity contribution < 1.29 is 4.84 Å². The quantitative estimate of drug-likeness (QED) is 0.868. The fourth-order valence-electron chi connectivity index (χ4n) is 2.60. The van der Waals surface area contributed by atoms with Gasteiger partial charge in [-0.1, -0.05) is 28.4 Å². The van der Waals surface area contributed by atoms with Crippen molar-refractivity contribution >= 4 is 17.3 Å². The number of oxime groups is 1. The normalized spacial score (nSPS) is 17.7. The lowest BCUT2D eigenvalue weighted by molar-refractivity contribution is 0.0692. The highest BCUT2D eigenvalue weighted by Crippen LogP contribution is 2.25. The number of benzene rings is 1. The first-order valence-electron chi connectivity index (χ1n) is 7.03. The van der Waals surface area contributed by atoms with Crippen molar-refractivity contribution in [2.45, 2.75) is 39.8 Å². The molecule has 0 N–H and O–H groups in total. The number of nitrogens with zero attached hydrogens (tertiary/aromatic N) is 3. The molecule has 1 aliphatic heterocycles. The molecule has 4 nitrogen and oxygen atoms in total. The topological polar surface area (TPSA) is 39.4 Å². The van der Waals surface area contributed by atoms with Crippen LogP contribution in [0.2, 0.25) is 5.02 Å². The van der Waals surface area contributed by atoms with Gasteiger partial charge in [0.25, 0.3) is 0 Å². The van der Waals surface area contributed by atoms with Crippen molar-refractivity contribution in [2.24, 2.45) is 5.16 Å². The van der Waals surface area contributed by atoms with Crippen LogP contribution in [0.15, 0.2) is 29.4 Å². The van der Waals surface area contributed by atoms with Crippen molar-refractivity contribution in [3.05, 3.63) is 51.8 Å². The lowest BCUT2D eigenvalue weighted by Crippen LogP contribution is -2.18. The Hall–Kier alpha value is -1.81. The molecule has 0 amide bonds. The molecule has 5 heteroatoms. The Labute approximate surface area is 129 Å². The molecule has 0 saturated heterocycles. The Balaban J connectivity index is 1.73. The Morgan fingerprint density at radius 3 is 2.81 bits per heavy atom. The van der Waals surface area contributed by atoms with Gasteiger partial charge in [-0.25, -0.2) is 0 Å². The molecule has 0 bridgehead atoms. The van der Waals surface area contributed by atoms with Gasteiger partial charge in [0.1, 0.15) is 0 Å². The van der Waals surface area contributed by atoms with E-state index in [-0.39, 0.29) is 6.10 Å². The van der Waals surface area contributed by atoms with Gasteiger partial charge in [-0.15, -0.1) is 0 Å². The van der Waals surface area contributed by atoms with Crippen molar-refractivity contribution in [3.63, 3.8) is 0 Å². The molecule has 3 rings (SSSR count). The van der Waals surface area contributed by atoms with E-state index in [1.165, 1.54) is 5.56 Å². The summed E-state index contributed by atoms with van der Waals surface area (Å²) in [6, 6.07) is 8.02. The highest BCUT2D eigenvalue weighted by molar-refractivity contribution is 6.34. The van der Waals surface area contributed by atoms with Gasteiger partial charge in [-0.05, 0) is 39.0 Å². The first kappa shape index (κ1) is 14.1. The molecule has 1 aromatic heterocycles. The van der Waals surface area contributed by atoms with E-state index in [0.717, 1.165) is 34.1 Å². The van der Waals surface area contributed by atoms with Crippen LogP contribution in [0.3, 0.4) is 0 Å². The van der Waals surface area contributed by atoms with E-state index in [2.05, 4.69) is 22.4 Å². The van der Waals surface area contributed by atoms with Crippen molar-refractivity contribution in [3.8, 4) is 0 Å². The summed E-state index contributed by atoms with van der Waals surface area (Å²) in [6.45, 7) is 6.79.